The lowest BCUT2D eigenvalue weighted by Gasteiger charge is -2.18. The zero-order valence-electron chi connectivity index (χ0n) is 13.1. The molecule has 0 saturated carbocycles. The first-order valence-electron chi connectivity index (χ1n) is 6.88. The molecule has 0 bridgehead atoms. The summed E-state index contributed by atoms with van der Waals surface area (Å²) in [5.41, 5.74) is 0.505. The van der Waals surface area contributed by atoms with Crippen molar-refractivity contribution in [3.8, 4) is 5.75 Å². The van der Waals surface area contributed by atoms with Crippen molar-refractivity contribution in [2.75, 3.05) is 27.4 Å². The van der Waals surface area contributed by atoms with Gasteiger partial charge in [-0.05, 0) is 48.0 Å². The van der Waals surface area contributed by atoms with Crippen molar-refractivity contribution in [1.29, 1.82) is 0 Å². The van der Waals surface area contributed by atoms with Crippen LogP contribution in [0.4, 0.5) is 0 Å². The van der Waals surface area contributed by atoms with Crippen molar-refractivity contribution in [3.05, 3.63) is 28.2 Å². The smallest absolute Gasteiger partial charge is 0.277 e. The summed E-state index contributed by atoms with van der Waals surface area (Å²) in [5.74, 6) is -0.152. The molecule has 1 heterocycles. The Morgan fingerprint density at radius 1 is 1.50 bits per heavy atom. The Morgan fingerprint density at radius 3 is 2.77 bits per heavy atom. The Bertz CT molecular complexity index is 549. The molecule has 0 spiro atoms. The van der Waals surface area contributed by atoms with E-state index in [9.17, 15) is 4.79 Å². The standard InChI is InChI=1S/C15H20BrNO5/c1-15(2)21-9-11(22-15)8-20-13-6-5-10(7-12(13)16)14(18)17(3)19-4/h5-7,11H,8-9H2,1-4H3/t11-/m1/s1. The maximum absolute atomic E-state index is 12.0. The molecule has 1 aliphatic heterocycles. The van der Waals surface area contributed by atoms with Gasteiger partial charge in [-0.2, -0.15) is 0 Å². The number of benzene rings is 1. The van der Waals surface area contributed by atoms with Gasteiger partial charge in [-0.1, -0.05) is 0 Å². The fourth-order valence-electron chi connectivity index (χ4n) is 2.04. The van der Waals surface area contributed by atoms with Crippen LogP contribution in [0.15, 0.2) is 22.7 Å². The Balaban J connectivity index is 1.97. The Hall–Kier alpha value is -1.15. The van der Waals surface area contributed by atoms with Gasteiger partial charge >= 0.3 is 0 Å². The molecular weight excluding hydrogens is 354 g/mol. The van der Waals surface area contributed by atoms with E-state index in [-0.39, 0.29) is 12.0 Å². The van der Waals surface area contributed by atoms with Gasteiger partial charge in [0.05, 0.1) is 18.2 Å². The summed E-state index contributed by atoms with van der Waals surface area (Å²) in [6, 6.07) is 5.12. The third-order valence-corrected chi connectivity index (χ3v) is 3.85. The third-order valence-electron chi connectivity index (χ3n) is 3.23. The van der Waals surface area contributed by atoms with E-state index in [1.807, 2.05) is 13.8 Å². The molecule has 2 rings (SSSR count). The van der Waals surface area contributed by atoms with Crippen LogP contribution in [0.5, 0.6) is 5.75 Å². The molecule has 22 heavy (non-hydrogen) atoms. The Kier molecular flexibility index (Phi) is 5.44. The summed E-state index contributed by atoms with van der Waals surface area (Å²) in [7, 11) is 3.00. The predicted molar refractivity (Wildman–Crippen MR) is 83.6 cm³/mol. The van der Waals surface area contributed by atoms with E-state index >= 15 is 0 Å². The maximum atomic E-state index is 12.0. The minimum atomic E-state index is -0.563. The van der Waals surface area contributed by atoms with Crippen LogP contribution < -0.4 is 4.74 Å². The number of carbonyl (C=O) groups is 1. The summed E-state index contributed by atoms with van der Waals surface area (Å²) in [6.07, 6.45) is -0.108. The Labute approximate surface area is 138 Å². The molecule has 1 saturated heterocycles. The van der Waals surface area contributed by atoms with Crippen LogP contribution in [0, 0.1) is 0 Å². The lowest BCUT2D eigenvalue weighted by atomic mass is 10.2. The first-order chi connectivity index (χ1) is 10.3. The summed E-state index contributed by atoms with van der Waals surface area (Å²) in [4.78, 5) is 16.9. The number of hydrogen-bond donors (Lipinski definition) is 0. The maximum Gasteiger partial charge on any atom is 0.277 e. The van der Waals surface area contributed by atoms with E-state index in [4.69, 9.17) is 19.0 Å². The number of ether oxygens (including phenoxy) is 3. The van der Waals surface area contributed by atoms with Crippen molar-refractivity contribution < 1.29 is 23.8 Å². The van der Waals surface area contributed by atoms with Gasteiger partial charge in [-0.15, -0.1) is 0 Å². The monoisotopic (exact) mass is 373 g/mol. The molecule has 0 aromatic heterocycles. The average molecular weight is 374 g/mol. The number of carbonyl (C=O) groups excluding carboxylic acids is 1. The van der Waals surface area contributed by atoms with Crippen LogP contribution in [0.3, 0.4) is 0 Å². The van der Waals surface area contributed by atoms with Gasteiger partial charge in [-0.25, -0.2) is 5.06 Å². The topological polar surface area (TPSA) is 57.2 Å². The first kappa shape index (κ1) is 17.2. The molecule has 1 fully saturated rings. The summed E-state index contributed by atoms with van der Waals surface area (Å²) in [6.45, 7) is 4.62. The molecule has 1 amide bonds. The molecular formula is C15H20BrNO5. The van der Waals surface area contributed by atoms with Crippen molar-refractivity contribution in [3.63, 3.8) is 0 Å². The highest BCUT2D eigenvalue weighted by atomic mass is 79.9. The quantitative estimate of drug-likeness (QED) is 0.742. The SMILES string of the molecule is CON(C)C(=O)c1ccc(OC[C@@H]2COC(C)(C)O2)c(Br)c1. The molecule has 0 aliphatic carbocycles. The van der Waals surface area contributed by atoms with E-state index in [0.29, 0.717) is 29.0 Å². The van der Waals surface area contributed by atoms with Crippen LogP contribution >= 0.6 is 15.9 Å². The van der Waals surface area contributed by atoms with Gasteiger partial charge in [0.2, 0.25) is 0 Å². The molecule has 6 nitrogen and oxygen atoms in total. The molecule has 0 unspecified atom stereocenters. The number of hydrogen-bond acceptors (Lipinski definition) is 5. The average Bonchev–Trinajstić information content (AvgIpc) is 2.83. The van der Waals surface area contributed by atoms with Crippen LogP contribution in [0.2, 0.25) is 0 Å². The van der Waals surface area contributed by atoms with Crippen LogP contribution in [-0.2, 0) is 14.3 Å². The highest BCUT2D eigenvalue weighted by Gasteiger charge is 2.33. The number of nitrogens with zero attached hydrogens (tertiary/aromatic N) is 1. The lowest BCUT2D eigenvalue weighted by Crippen LogP contribution is -2.26. The highest BCUT2D eigenvalue weighted by molar-refractivity contribution is 9.10. The molecule has 0 N–H and O–H groups in total. The normalized spacial score (nSPS) is 20.0. The van der Waals surface area contributed by atoms with Crippen molar-refractivity contribution in [2.24, 2.45) is 0 Å². The van der Waals surface area contributed by atoms with Crippen LogP contribution in [0.25, 0.3) is 0 Å². The fourth-order valence-corrected chi connectivity index (χ4v) is 2.54. The Morgan fingerprint density at radius 2 is 2.23 bits per heavy atom. The van der Waals surface area contributed by atoms with E-state index in [0.717, 1.165) is 5.06 Å². The minimum absolute atomic E-state index is 0.108. The van der Waals surface area contributed by atoms with Crippen molar-refractivity contribution in [2.45, 2.75) is 25.7 Å². The molecule has 1 aromatic carbocycles. The molecule has 1 aliphatic rings. The largest absolute Gasteiger partial charge is 0.490 e. The zero-order chi connectivity index (χ0) is 16.3. The second-order valence-electron chi connectivity index (χ2n) is 5.39. The van der Waals surface area contributed by atoms with Gasteiger partial charge in [0.25, 0.3) is 5.91 Å². The van der Waals surface area contributed by atoms with Gasteiger partial charge in [-0.3, -0.25) is 9.63 Å². The predicted octanol–water partition coefficient (Wildman–Crippen LogP) is 2.61. The number of hydroxylamine groups is 2. The second kappa shape index (κ2) is 6.95. The van der Waals surface area contributed by atoms with Crippen molar-refractivity contribution >= 4 is 21.8 Å². The molecule has 1 aromatic rings. The van der Waals surface area contributed by atoms with E-state index in [2.05, 4.69) is 15.9 Å². The lowest BCUT2D eigenvalue weighted by molar-refractivity contribution is -0.141. The number of amides is 1. The van der Waals surface area contributed by atoms with Gasteiger partial charge in [0.1, 0.15) is 18.5 Å². The molecule has 7 heteroatoms. The summed E-state index contributed by atoms with van der Waals surface area (Å²) >= 11 is 3.41. The minimum Gasteiger partial charge on any atom is -0.490 e. The van der Waals surface area contributed by atoms with E-state index in [1.165, 1.54) is 7.11 Å². The van der Waals surface area contributed by atoms with Gasteiger partial charge < -0.3 is 14.2 Å². The fraction of sp³-hybridized carbons (Fsp3) is 0.533. The van der Waals surface area contributed by atoms with Crippen LogP contribution in [0.1, 0.15) is 24.2 Å². The first-order valence-corrected chi connectivity index (χ1v) is 7.68. The second-order valence-corrected chi connectivity index (χ2v) is 6.25. The number of rotatable bonds is 5. The van der Waals surface area contributed by atoms with E-state index < -0.39 is 5.79 Å². The van der Waals surface area contributed by atoms with Crippen molar-refractivity contribution in [1.82, 2.24) is 5.06 Å². The molecule has 0 radical (unpaired) electrons. The van der Waals surface area contributed by atoms with E-state index in [1.54, 1.807) is 25.2 Å². The third kappa shape index (κ3) is 4.19. The molecule has 122 valence electrons. The summed E-state index contributed by atoms with van der Waals surface area (Å²) < 4.78 is 17.6. The van der Waals surface area contributed by atoms with Gasteiger partial charge in [0, 0.05) is 12.6 Å². The number of halogens is 1. The molecule has 1 atom stereocenters. The van der Waals surface area contributed by atoms with Crippen LogP contribution in [-0.4, -0.2) is 50.2 Å². The zero-order valence-corrected chi connectivity index (χ0v) is 14.7. The van der Waals surface area contributed by atoms with Gasteiger partial charge in [0.15, 0.2) is 5.79 Å². The summed E-state index contributed by atoms with van der Waals surface area (Å²) in [5, 5.41) is 1.16. The highest BCUT2D eigenvalue weighted by Crippen LogP contribution is 2.28.